The first-order valence-corrected chi connectivity index (χ1v) is 4.21. The summed E-state index contributed by atoms with van der Waals surface area (Å²) in [6.07, 6.45) is 1.72. The molecule has 1 amide bonds. The van der Waals surface area contributed by atoms with Gasteiger partial charge in [0.2, 0.25) is 5.91 Å². The van der Waals surface area contributed by atoms with E-state index in [-0.39, 0.29) is 11.9 Å². The van der Waals surface area contributed by atoms with Crippen molar-refractivity contribution in [2.75, 3.05) is 6.54 Å². The molecule has 0 radical (unpaired) electrons. The maximum atomic E-state index is 11.1. The highest BCUT2D eigenvalue weighted by Gasteiger charge is 2.33. The molecule has 0 bridgehead atoms. The third-order valence-corrected chi connectivity index (χ3v) is 2.12. The number of carbonyl (C=O) groups excluding carboxylic acids is 1. The Labute approximate surface area is 76.4 Å². The van der Waals surface area contributed by atoms with Crippen LogP contribution in [0.25, 0.3) is 0 Å². The van der Waals surface area contributed by atoms with Gasteiger partial charge in [-0.1, -0.05) is 6.07 Å². The molecule has 1 aromatic heterocycles. The van der Waals surface area contributed by atoms with Gasteiger partial charge < -0.3 is 10.6 Å². The van der Waals surface area contributed by atoms with E-state index in [1.54, 1.807) is 11.1 Å². The Balaban J connectivity index is 1.97. The van der Waals surface area contributed by atoms with Crippen LogP contribution in [0, 0.1) is 0 Å². The molecule has 0 spiro atoms. The smallest absolute Gasteiger partial charge is 0.241 e. The third-order valence-electron chi connectivity index (χ3n) is 2.12. The van der Waals surface area contributed by atoms with E-state index in [1.807, 2.05) is 18.2 Å². The van der Waals surface area contributed by atoms with E-state index in [2.05, 4.69) is 4.98 Å². The lowest BCUT2D eigenvalue weighted by molar-refractivity contribution is -0.143. The second-order valence-electron chi connectivity index (χ2n) is 3.15. The highest BCUT2D eigenvalue weighted by molar-refractivity contribution is 5.87. The second kappa shape index (κ2) is 3.14. The van der Waals surface area contributed by atoms with E-state index in [1.165, 1.54) is 0 Å². The Morgan fingerprint density at radius 2 is 2.46 bits per heavy atom. The molecule has 0 aliphatic carbocycles. The van der Waals surface area contributed by atoms with Crippen LogP contribution < -0.4 is 5.73 Å². The third kappa shape index (κ3) is 1.53. The van der Waals surface area contributed by atoms with Crippen molar-refractivity contribution in [3.63, 3.8) is 0 Å². The highest BCUT2D eigenvalue weighted by Crippen LogP contribution is 2.11. The molecule has 2 rings (SSSR count). The summed E-state index contributed by atoms with van der Waals surface area (Å²) in [7, 11) is 0. The fourth-order valence-corrected chi connectivity index (χ4v) is 1.36. The summed E-state index contributed by atoms with van der Waals surface area (Å²) in [5.41, 5.74) is 6.36. The van der Waals surface area contributed by atoms with Gasteiger partial charge in [0, 0.05) is 12.7 Å². The molecule has 68 valence electrons. The van der Waals surface area contributed by atoms with Crippen LogP contribution in [0.3, 0.4) is 0 Å². The molecule has 1 aliphatic rings. The van der Waals surface area contributed by atoms with Crippen molar-refractivity contribution in [2.24, 2.45) is 5.73 Å². The van der Waals surface area contributed by atoms with Gasteiger partial charge in [-0.3, -0.25) is 9.78 Å². The zero-order valence-electron chi connectivity index (χ0n) is 7.18. The monoisotopic (exact) mass is 177 g/mol. The summed E-state index contributed by atoms with van der Waals surface area (Å²) in [4.78, 5) is 17.0. The predicted molar refractivity (Wildman–Crippen MR) is 47.6 cm³/mol. The minimum absolute atomic E-state index is 0.0191. The Morgan fingerprint density at radius 1 is 1.62 bits per heavy atom. The van der Waals surface area contributed by atoms with Crippen LogP contribution in [0.2, 0.25) is 0 Å². The molecule has 2 heterocycles. The van der Waals surface area contributed by atoms with Crippen LogP contribution in [0.5, 0.6) is 0 Å². The number of nitrogens with zero attached hydrogens (tertiary/aromatic N) is 2. The minimum Gasteiger partial charge on any atom is -0.333 e. The van der Waals surface area contributed by atoms with E-state index >= 15 is 0 Å². The summed E-state index contributed by atoms with van der Waals surface area (Å²) in [6.45, 7) is 1.22. The number of nitrogens with two attached hydrogens (primary N) is 1. The van der Waals surface area contributed by atoms with Crippen LogP contribution in [0.15, 0.2) is 24.4 Å². The average molecular weight is 177 g/mol. The van der Waals surface area contributed by atoms with Gasteiger partial charge in [-0.05, 0) is 12.1 Å². The number of hydrogen-bond donors (Lipinski definition) is 1. The molecule has 0 aromatic carbocycles. The topological polar surface area (TPSA) is 59.2 Å². The van der Waals surface area contributed by atoms with Crippen LogP contribution in [0.1, 0.15) is 5.69 Å². The van der Waals surface area contributed by atoms with Crippen LogP contribution in [0.4, 0.5) is 0 Å². The quantitative estimate of drug-likeness (QED) is 0.634. The molecule has 0 saturated carbocycles. The van der Waals surface area contributed by atoms with Crippen molar-refractivity contribution in [2.45, 2.75) is 12.6 Å². The summed E-state index contributed by atoms with van der Waals surface area (Å²) in [6, 6.07) is 5.38. The minimum atomic E-state index is -0.288. The molecule has 4 nitrogen and oxygen atoms in total. The summed E-state index contributed by atoms with van der Waals surface area (Å²) >= 11 is 0. The van der Waals surface area contributed by atoms with Crippen molar-refractivity contribution in [1.29, 1.82) is 0 Å². The summed E-state index contributed by atoms with van der Waals surface area (Å²) in [5, 5.41) is 0. The molecule has 4 heteroatoms. The van der Waals surface area contributed by atoms with Gasteiger partial charge in [0.15, 0.2) is 0 Å². The molecule has 1 atom stereocenters. The Bertz CT molecular complexity index is 312. The van der Waals surface area contributed by atoms with Crippen molar-refractivity contribution in [3.05, 3.63) is 30.1 Å². The number of likely N-dealkylation sites (tertiary alicyclic amines) is 1. The molecule has 1 unspecified atom stereocenters. The highest BCUT2D eigenvalue weighted by atomic mass is 16.2. The number of carbonyl (C=O) groups is 1. The van der Waals surface area contributed by atoms with E-state index in [0.29, 0.717) is 13.1 Å². The molecule has 13 heavy (non-hydrogen) atoms. The normalized spacial score (nSPS) is 21.5. The maximum absolute atomic E-state index is 11.1. The Hall–Kier alpha value is -1.42. The maximum Gasteiger partial charge on any atom is 0.241 e. The van der Waals surface area contributed by atoms with Crippen molar-refractivity contribution < 1.29 is 4.79 Å². The number of aromatic nitrogens is 1. The summed E-state index contributed by atoms with van der Waals surface area (Å²) < 4.78 is 0. The second-order valence-corrected chi connectivity index (χ2v) is 3.15. The largest absolute Gasteiger partial charge is 0.333 e. The SMILES string of the molecule is NC1CN(Cc2ccccn2)C1=O. The molecular weight excluding hydrogens is 166 g/mol. The van der Waals surface area contributed by atoms with Crippen LogP contribution in [-0.4, -0.2) is 28.4 Å². The molecule has 1 fully saturated rings. The van der Waals surface area contributed by atoms with Gasteiger partial charge in [-0.15, -0.1) is 0 Å². The zero-order chi connectivity index (χ0) is 9.26. The van der Waals surface area contributed by atoms with Crippen LogP contribution >= 0.6 is 0 Å². The van der Waals surface area contributed by atoms with Gasteiger partial charge in [0.05, 0.1) is 12.2 Å². The lowest BCUT2D eigenvalue weighted by Gasteiger charge is -2.35. The van der Waals surface area contributed by atoms with Crippen LogP contribution in [-0.2, 0) is 11.3 Å². The van der Waals surface area contributed by atoms with Gasteiger partial charge in [-0.25, -0.2) is 0 Å². The van der Waals surface area contributed by atoms with E-state index in [0.717, 1.165) is 5.69 Å². The number of pyridine rings is 1. The molecule has 2 N–H and O–H groups in total. The average Bonchev–Trinajstić information content (AvgIpc) is 2.19. The van der Waals surface area contributed by atoms with Gasteiger partial charge in [0.1, 0.15) is 6.04 Å². The summed E-state index contributed by atoms with van der Waals surface area (Å²) in [5.74, 6) is 0.0191. The molecular formula is C9H11N3O. The van der Waals surface area contributed by atoms with Gasteiger partial charge in [-0.2, -0.15) is 0 Å². The first-order chi connectivity index (χ1) is 6.27. The number of hydrogen-bond acceptors (Lipinski definition) is 3. The zero-order valence-corrected chi connectivity index (χ0v) is 7.18. The number of β-lactam (4-membered cyclic amide) rings is 1. The first kappa shape index (κ1) is 8.19. The Morgan fingerprint density at radius 3 is 3.00 bits per heavy atom. The van der Waals surface area contributed by atoms with Crippen molar-refractivity contribution in [3.8, 4) is 0 Å². The number of rotatable bonds is 2. The number of amides is 1. The van der Waals surface area contributed by atoms with Crippen molar-refractivity contribution in [1.82, 2.24) is 9.88 Å². The first-order valence-electron chi connectivity index (χ1n) is 4.21. The van der Waals surface area contributed by atoms with Gasteiger partial charge >= 0.3 is 0 Å². The molecule has 1 aliphatic heterocycles. The van der Waals surface area contributed by atoms with Gasteiger partial charge in [0.25, 0.3) is 0 Å². The fourth-order valence-electron chi connectivity index (χ4n) is 1.36. The predicted octanol–water partition coefficient (Wildman–Crippen LogP) is -0.249. The lowest BCUT2D eigenvalue weighted by atomic mass is 10.1. The van der Waals surface area contributed by atoms with E-state index in [4.69, 9.17) is 5.73 Å². The molecule has 1 aromatic rings. The van der Waals surface area contributed by atoms with Crippen molar-refractivity contribution >= 4 is 5.91 Å². The molecule has 1 saturated heterocycles. The standard InChI is InChI=1S/C9H11N3O/c10-8-6-12(9(8)13)5-7-3-1-2-4-11-7/h1-4,8H,5-6,10H2. The van der Waals surface area contributed by atoms with E-state index in [9.17, 15) is 4.79 Å². The van der Waals surface area contributed by atoms with E-state index < -0.39 is 0 Å². The fraction of sp³-hybridized carbons (Fsp3) is 0.333. The Kier molecular flexibility index (Phi) is 1.98. The lowest BCUT2D eigenvalue weighted by Crippen LogP contribution is -2.60.